The van der Waals surface area contributed by atoms with Crippen molar-refractivity contribution in [1.29, 1.82) is 10.5 Å². The van der Waals surface area contributed by atoms with E-state index in [1.54, 1.807) is 38.1 Å². The third-order valence-corrected chi connectivity index (χ3v) is 4.56. The molecule has 19 heavy (non-hydrogen) atoms. The highest BCUT2D eigenvalue weighted by molar-refractivity contribution is 7.88. The monoisotopic (exact) mass is 277 g/mol. The van der Waals surface area contributed by atoms with Crippen LogP contribution in [0.15, 0.2) is 24.3 Å². The van der Waals surface area contributed by atoms with Crippen LogP contribution in [0.2, 0.25) is 0 Å². The third-order valence-electron chi connectivity index (χ3n) is 2.59. The summed E-state index contributed by atoms with van der Waals surface area (Å²) in [5.41, 5.74) is 1.08. The quantitative estimate of drug-likeness (QED) is 0.765. The molecule has 0 saturated carbocycles. The lowest BCUT2D eigenvalue weighted by molar-refractivity contribution is 0.385. The Morgan fingerprint density at radius 2 is 1.79 bits per heavy atom. The van der Waals surface area contributed by atoms with Gasteiger partial charge in [0.2, 0.25) is 10.0 Å². The first-order valence-corrected chi connectivity index (χ1v) is 7.37. The maximum Gasteiger partial charge on any atom is 0.219 e. The molecule has 0 unspecified atom stereocenters. The highest BCUT2D eigenvalue weighted by atomic mass is 32.2. The van der Waals surface area contributed by atoms with Gasteiger partial charge in [0.05, 0.1) is 23.5 Å². The van der Waals surface area contributed by atoms with Crippen LogP contribution < -0.4 is 0 Å². The molecule has 0 amide bonds. The lowest BCUT2D eigenvalue weighted by Gasteiger charge is -2.23. The van der Waals surface area contributed by atoms with Crippen molar-refractivity contribution < 1.29 is 8.42 Å². The zero-order valence-electron chi connectivity index (χ0n) is 10.9. The first kappa shape index (κ1) is 15.2. The van der Waals surface area contributed by atoms with Crippen LogP contribution in [0.5, 0.6) is 0 Å². The van der Waals surface area contributed by atoms with E-state index in [1.165, 1.54) is 4.31 Å². The smallest absolute Gasteiger partial charge is 0.212 e. The summed E-state index contributed by atoms with van der Waals surface area (Å²) >= 11 is 0. The second-order valence-electron chi connectivity index (χ2n) is 4.36. The SMILES string of the molecule is CC(C)N(CC#N)S(=O)(=O)Cc1ccc(C#N)cc1. The Hall–Kier alpha value is -1.89. The van der Waals surface area contributed by atoms with Gasteiger partial charge in [0.1, 0.15) is 6.54 Å². The summed E-state index contributed by atoms with van der Waals surface area (Å²) in [5, 5.41) is 17.4. The molecule has 0 fully saturated rings. The summed E-state index contributed by atoms with van der Waals surface area (Å²) in [6.07, 6.45) is 0. The van der Waals surface area contributed by atoms with Crippen molar-refractivity contribution in [2.45, 2.75) is 25.6 Å². The molecule has 1 aromatic carbocycles. The van der Waals surface area contributed by atoms with E-state index in [0.717, 1.165) is 0 Å². The molecule has 1 rings (SSSR count). The fraction of sp³-hybridized carbons (Fsp3) is 0.385. The molecule has 0 aromatic heterocycles. The summed E-state index contributed by atoms with van der Waals surface area (Å²) < 4.78 is 25.6. The van der Waals surface area contributed by atoms with Crippen molar-refractivity contribution in [3.63, 3.8) is 0 Å². The van der Waals surface area contributed by atoms with E-state index in [1.807, 2.05) is 12.1 Å². The van der Waals surface area contributed by atoms with Crippen LogP contribution in [-0.4, -0.2) is 25.3 Å². The van der Waals surface area contributed by atoms with Crippen molar-refractivity contribution in [3.8, 4) is 12.1 Å². The van der Waals surface area contributed by atoms with Crippen LogP contribution in [-0.2, 0) is 15.8 Å². The predicted molar refractivity (Wildman–Crippen MR) is 71.2 cm³/mol. The van der Waals surface area contributed by atoms with Gasteiger partial charge in [-0.3, -0.25) is 0 Å². The molecule has 6 heteroatoms. The van der Waals surface area contributed by atoms with Crippen LogP contribution in [0, 0.1) is 22.7 Å². The normalized spacial score (nSPS) is 11.3. The highest BCUT2D eigenvalue weighted by Gasteiger charge is 2.24. The van der Waals surface area contributed by atoms with Gasteiger partial charge >= 0.3 is 0 Å². The topological polar surface area (TPSA) is 85.0 Å². The summed E-state index contributed by atoms with van der Waals surface area (Å²) in [7, 11) is -3.53. The van der Waals surface area contributed by atoms with Crippen molar-refractivity contribution >= 4 is 10.0 Å². The number of hydrogen-bond donors (Lipinski definition) is 0. The van der Waals surface area contributed by atoms with Crippen LogP contribution in [0.25, 0.3) is 0 Å². The summed E-state index contributed by atoms with van der Waals surface area (Å²) in [4.78, 5) is 0. The van der Waals surface area contributed by atoms with Gasteiger partial charge in [-0.25, -0.2) is 8.42 Å². The number of rotatable bonds is 5. The van der Waals surface area contributed by atoms with E-state index in [2.05, 4.69) is 0 Å². The molecule has 0 atom stereocenters. The Kier molecular flexibility index (Phi) is 5.05. The summed E-state index contributed by atoms with van der Waals surface area (Å²) in [6, 6.07) is 9.96. The number of benzene rings is 1. The molecule has 0 spiro atoms. The number of hydrogen-bond acceptors (Lipinski definition) is 4. The van der Waals surface area contributed by atoms with Gasteiger partial charge in [0.25, 0.3) is 0 Å². The second-order valence-corrected chi connectivity index (χ2v) is 6.28. The lowest BCUT2D eigenvalue weighted by Crippen LogP contribution is -2.38. The van der Waals surface area contributed by atoms with Crippen LogP contribution in [0.1, 0.15) is 25.0 Å². The maximum atomic E-state index is 12.2. The summed E-state index contributed by atoms with van der Waals surface area (Å²) in [5.74, 6) is -0.168. The van der Waals surface area contributed by atoms with Crippen LogP contribution in [0.3, 0.4) is 0 Å². The fourth-order valence-corrected chi connectivity index (χ4v) is 3.32. The Balaban J connectivity index is 2.95. The summed E-state index contributed by atoms with van der Waals surface area (Å²) in [6.45, 7) is 3.30. The van der Waals surface area contributed by atoms with Crippen molar-refractivity contribution in [1.82, 2.24) is 4.31 Å². The molecule has 0 aliphatic rings. The minimum atomic E-state index is -3.53. The molecule has 0 saturated heterocycles. The standard InChI is InChI=1S/C13H15N3O2S/c1-11(2)16(8-7-14)19(17,18)10-13-5-3-12(9-15)4-6-13/h3-6,11H,8,10H2,1-2H3. The molecule has 100 valence electrons. The molecule has 0 radical (unpaired) electrons. The molecule has 0 N–H and O–H groups in total. The minimum absolute atomic E-state index is 0.156. The van der Waals surface area contributed by atoms with Gasteiger partial charge in [0.15, 0.2) is 0 Å². The molecular formula is C13H15N3O2S. The maximum absolute atomic E-state index is 12.2. The number of sulfonamides is 1. The van der Waals surface area contributed by atoms with Gasteiger partial charge < -0.3 is 0 Å². The van der Waals surface area contributed by atoms with Crippen molar-refractivity contribution in [2.24, 2.45) is 0 Å². The van der Waals surface area contributed by atoms with Gasteiger partial charge in [-0.1, -0.05) is 12.1 Å². The largest absolute Gasteiger partial charge is 0.219 e. The zero-order valence-corrected chi connectivity index (χ0v) is 11.7. The molecular weight excluding hydrogens is 262 g/mol. The second kappa shape index (κ2) is 6.33. The van der Waals surface area contributed by atoms with E-state index in [9.17, 15) is 8.42 Å². The van der Waals surface area contributed by atoms with Crippen LogP contribution >= 0.6 is 0 Å². The molecule has 0 aliphatic heterocycles. The Morgan fingerprint density at radius 1 is 1.21 bits per heavy atom. The minimum Gasteiger partial charge on any atom is -0.212 e. The van der Waals surface area contributed by atoms with Gasteiger partial charge in [-0.15, -0.1) is 0 Å². The Morgan fingerprint density at radius 3 is 2.21 bits per heavy atom. The average Bonchev–Trinajstić information content (AvgIpc) is 2.35. The Bertz CT molecular complexity index is 607. The van der Waals surface area contributed by atoms with E-state index in [-0.39, 0.29) is 18.3 Å². The van der Waals surface area contributed by atoms with Gasteiger partial charge in [-0.2, -0.15) is 14.8 Å². The van der Waals surface area contributed by atoms with Crippen LogP contribution in [0.4, 0.5) is 0 Å². The lowest BCUT2D eigenvalue weighted by atomic mass is 10.2. The number of nitriles is 2. The van der Waals surface area contributed by atoms with Crippen molar-refractivity contribution in [2.75, 3.05) is 6.54 Å². The first-order chi connectivity index (χ1) is 8.90. The third kappa shape index (κ3) is 4.06. The molecule has 0 bridgehead atoms. The van der Waals surface area contributed by atoms with E-state index < -0.39 is 10.0 Å². The van der Waals surface area contributed by atoms with Gasteiger partial charge in [0, 0.05) is 6.04 Å². The predicted octanol–water partition coefficient (Wildman–Crippen LogP) is 1.62. The molecule has 0 heterocycles. The van der Waals surface area contributed by atoms with E-state index >= 15 is 0 Å². The first-order valence-electron chi connectivity index (χ1n) is 5.76. The molecule has 5 nitrogen and oxygen atoms in total. The fourth-order valence-electron chi connectivity index (χ4n) is 1.64. The Labute approximate surface area is 113 Å². The van der Waals surface area contributed by atoms with Gasteiger partial charge in [-0.05, 0) is 31.5 Å². The highest BCUT2D eigenvalue weighted by Crippen LogP contribution is 2.14. The van der Waals surface area contributed by atoms with E-state index in [4.69, 9.17) is 10.5 Å². The molecule has 1 aromatic rings. The molecule has 0 aliphatic carbocycles. The average molecular weight is 277 g/mol. The zero-order chi connectivity index (χ0) is 14.5. The number of nitrogens with zero attached hydrogens (tertiary/aromatic N) is 3. The van der Waals surface area contributed by atoms with Crippen molar-refractivity contribution in [3.05, 3.63) is 35.4 Å². The van der Waals surface area contributed by atoms with E-state index in [0.29, 0.717) is 11.1 Å².